The predicted molar refractivity (Wildman–Crippen MR) is 131 cm³/mol. The Kier molecular flexibility index (Phi) is 6.15. The molecule has 4 aromatic rings. The summed E-state index contributed by atoms with van der Waals surface area (Å²) in [4.78, 5) is 41.9. The minimum atomic E-state index is -0.923. The first kappa shape index (κ1) is 22.7. The predicted octanol–water partition coefficient (Wildman–Crippen LogP) is 3.41. The maximum atomic E-state index is 13.8. The van der Waals surface area contributed by atoms with Crippen LogP contribution in [0.5, 0.6) is 0 Å². The summed E-state index contributed by atoms with van der Waals surface area (Å²) in [6.07, 6.45) is 0. The molecule has 0 bridgehead atoms. The third-order valence-corrected chi connectivity index (χ3v) is 5.49. The molecule has 0 saturated carbocycles. The summed E-state index contributed by atoms with van der Waals surface area (Å²) in [7, 11) is 0. The molecular weight excluding hydrogens is 454 g/mol. The van der Waals surface area contributed by atoms with Crippen molar-refractivity contribution in [3.63, 3.8) is 0 Å². The van der Waals surface area contributed by atoms with E-state index in [0.717, 1.165) is 0 Å². The fourth-order valence-corrected chi connectivity index (χ4v) is 4.08. The van der Waals surface area contributed by atoms with Crippen LogP contribution in [0.15, 0.2) is 65.5 Å². The first-order chi connectivity index (χ1) is 16.3. The van der Waals surface area contributed by atoms with E-state index in [1.165, 1.54) is 4.68 Å². The Morgan fingerprint density at radius 3 is 2.21 bits per heavy atom. The van der Waals surface area contributed by atoms with E-state index in [0.29, 0.717) is 16.9 Å². The molecule has 0 atom stereocenters. The number of nitrogen functional groups attached to an aromatic ring is 1. The van der Waals surface area contributed by atoms with Crippen LogP contribution in [0.4, 0.5) is 5.82 Å². The summed E-state index contributed by atoms with van der Waals surface area (Å²) in [5.74, 6) is -1.89. The van der Waals surface area contributed by atoms with Crippen molar-refractivity contribution < 1.29 is 14.3 Å². The van der Waals surface area contributed by atoms with E-state index in [4.69, 9.17) is 28.4 Å². The number of aromatic nitrogens is 3. The van der Waals surface area contributed by atoms with Gasteiger partial charge in [-0.25, -0.2) is 9.48 Å². The number of pyridine rings is 1. The van der Waals surface area contributed by atoms with E-state index < -0.39 is 17.4 Å². The third-order valence-electron chi connectivity index (χ3n) is 5.19. The number of carbonyl (C=O) groups is 2. The van der Waals surface area contributed by atoms with Gasteiger partial charge in [0, 0.05) is 11.1 Å². The number of esters is 1. The average Bonchev–Trinajstić information content (AvgIpc) is 3.16. The maximum absolute atomic E-state index is 13.8. The number of aromatic amines is 2. The lowest BCUT2D eigenvalue weighted by Crippen LogP contribution is -2.22. The number of H-pyrrole nitrogens is 2. The Hall–Kier alpha value is -4.44. The number of para-hydroxylation sites is 1. The molecule has 1 amide bonds. The van der Waals surface area contributed by atoms with E-state index >= 15 is 0 Å². The van der Waals surface area contributed by atoms with Gasteiger partial charge in [0.05, 0.1) is 29.1 Å². The number of hydrogen-bond acceptors (Lipinski definition) is 6. The van der Waals surface area contributed by atoms with Gasteiger partial charge in [0.2, 0.25) is 0 Å². The third kappa shape index (κ3) is 3.90. The number of ether oxygens (including phenoxy) is 1. The average molecular weight is 476 g/mol. The van der Waals surface area contributed by atoms with Crippen LogP contribution in [0.2, 0.25) is 0 Å². The molecule has 172 valence electrons. The lowest BCUT2D eigenvalue weighted by molar-refractivity contribution is 0.0528. The minimum Gasteiger partial charge on any atom is -0.462 e. The van der Waals surface area contributed by atoms with Crippen molar-refractivity contribution in [2.45, 2.75) is 6.92 Å². The maximum Gasteiger partial charge on any atom is 0.342 e. The summed E-state index contributed by atoms with van der Waals surface area (Å²) in [6.45, 7) is 1.67. The van der Waals surface area contributed by atoms with E-state index in [-0.39, 0.29) is 39.3 Å². The highest BCUT2D eigenvalue weighted by Gasteiger charge is 2.31. The highest BCUT2D eigenvalue weighted by atomic mass is 32.1. The van der Waals surface area contributed by atoms with Gasteiger partial charge in [0.15, 0.2) is 0 Å². The van der Waals surface area contributed by atoms with Crippen LogP contribution < -0.4 is 17.0 Å². The van der Waals surface area contributed by atoms with Crippen molar-refractivity contribution in [3.05, 3.63) is 86.8 Å². The standard InChI is InChI=1S/C24H21N5O4S/c1-2-33-24(32)17-15(18(21(26)30)22(34)27-20(17)25)16-19(13-9-5-3-6-10-13)28-29(23(16)31)14-11-7-4-8-12-14/h3-12,28H,2H2,1H3,(H2,26,30)(H3,25,27,34). The number of nitrogens with two attached hydrogens (primary N) is 2. The zero-order valence-corrected chi connectivity index (χ0v) is 18.9. The minimum absolute atomic E-state index is 0.0127. The quantitative estimate of drug-likeness (QED) is 0.248. The number of anilines is 1. The molecule has 2 heterocycles. The molecule has 9 nitrogen and oxygen atoms in total. The summed E-state index contributed by atoms with van der Waals surface area (Å²) in [5.41, 5.74) is 12.3. The SMILES string of the molecule is CCOC(=O)c1c(N)[nH]c(=S)c(C(N)=O)c1-c1c(-c2ccccc2)[nH]n(-c2ccccc2)c1=O. The van der Waals surface area contributed by atoms with E-state index in [9.17, 15) is 14.4 Å². The molecule has 10 heteroatoms. The molecule has 6 N–H and O–H groups in total. The number of rotatable bonds is 6. The Morgan fingerprint density at radius 1 is 1.00 bits per heavy atom. The summed E-state index contributed by atoms with van der Waals surface area (Å²) < 4.78 is 6.39. The number of hydrogen-bond donors (Lipinski definition) is 4. The summed E-state index contributed by atoms with van der Waals surface area (Å²) in [6, 6.07) is 17.8. The van der Waals surface area contributed by atoms with Crippen LogP contribution >= 0.6 is 12.2 Å². The molecule has 0 fully saturated rings. The number of primary amides is 1. The van der Waals surface area contributed by atoms with Crippen molar-refractivity contribution in [2.75, 3.05) is 12.3 Å². The van der Waals surface area contributed by atoms with Crippen LogP contribution in [-0.4, -0.2) is 33.2 Å². The zero-order chi connectivity index (χ0) is 24.4. The molecule has 4 rings (SSSR count). The number of amides is 1. The largest absolute Gasteiger partial charge is 0.462 e. The second kappa shape index (κ2) is 9.20. The van der Waals surface area contributed by atoms with Gasteiger partial charge in [-0.2, -0.15) is 0 Å². The number of benzene rings is 2. The summed E-state index contributed by atoms with van der Waals surface area (Å²) in [5, 5.41) is 3.10. The molecule has 2 aromatic carbocycles. The fraction of sp³-hybridized carbons (Fsp3) is 0.0833. The van der Waals surface area contributed by atoms with Crippen molar-refractivity contribution in [3.8, 4) is 28.1 Å². The van der Waals surface area contributed by atoms with Gasteiger partial charge in [-0.1, -0.05) is 60.7 Å². The van der Waals surface area contributed by atoms with Crippen LogP contribution in [-0.2, 0) is 4.74 Å². The Balaban J connectivity index is 2.20. The van der Waals surface area contributed by atoms with E-state index in [1.54, 1.807) is 55.5 Å². The van der Waals surface area contributed by atoms with Crippen LogP contribution in [0.1, 0.15) is 27.6 Å². The molecular formula is C24H21N5O4S. The first-order valence-corrected chi connectivity index (χ1v) is 10.7. The summed E-state index contributed by atoms with van der Waals surface area (Å²) >= 11 is 5.31. The molecule has 0 spiro atoms. The Bertz CT molecular complexity index is 1500. The van der Waals surface area contributed by atoms with Crippen LogP contribution in [0, 0.1) is 4.64 Å². The lowest BCUT2D eigenvalue weighted by Gasteiger charge is -2.15. The highest BCUT2D eigenvalue weighted by Crippen LogP contribution is 2.36. The fourth-order valence-electron chi connectivity index (χ4n) is 3.76. The molecule has 0 unspecified atom stereocenters. The first-order valence-electron chi connectivity index (χ1n) is 10.3. The van der Waals surface area contributed by atoms with E-state index in [2.05, 4.69) is 10.1 Å². The van der Waals surface area contributed by atoms with Crippen molar-refractivity contribution >= 4 is 29.9 Å². The number of nitrogens with one attached hydrogen (secondary N) is 2. The van der Waals surface area contributed by atoms with Crippen LogP contribution in [0.3, 0.4) is 0 Å². The Labute approximate surface area is 199 Å². The van der Waals surface area contributed by atoms with Gasteiger partial charge in [-0.15, -0.1) is 0 Å². The molecule has 0 aliphatic carbocycles. The molecule has 34 heavy (non-hydrogen) atoms. The normalized spacial score (nSPS) is 10.7. The second-order valence-electron chi connectivity index (χ2n) is 7.28. The van der Waals surface area contributed by atoms with Crippen LogP contribution in [0.25, 0.3) is 28.1 Å². The van der Waals surface area contributed by atoms with Crippen molar-refractivity contribution in [1.29, 1.82) is 0 Å². The van der Waals surface area contributed by atoms with Gasteiger partial charge in [0.1, 0.15) is 16.0 Å². The Morgan fingerprint density at radius 2 is 1.62 bits per heavy atom. The van der Waals surface area contributed by atoms with Crippen molar-refractivity contribution in [1.82, 2.24) is 14.8 Å². The second-order valence-corrected chi connectivity index (χ2v) is 7.69. The van der Waals surface area contributed by atoms with Crippen molar-refractivity contribution in [2.24, 2.45) is 5.73 Å². The molecule has 0 saturated heterocycles. The van der Waals surface area contributed by atoms with Gasteiger partial charge in [-0.05, 0) is 19.1 Å². The van der Waals surface area contributed by atoms with E-state index in [1.807, 2.05) is 12.1 Å². The van der Waals surface area contributed by atoms with Gasteiger partial charge >= 0.3 is 5.97 Å². The molecule has 0 radical (unpaired) electrons. The highest BCUT2D eigenvalue weighted by molar-refractivity contribution is 7.71. The van der Waals surface area contributed by atoms with Gasteiger partial charge in [-0.3, -0.25) is 14.7 Å². The molecule has 0 aliphatic rings. The lowest BCUT2D eigenvalue weighted by atomic mass is 9.93. The monoisotopic (exact) mass is 475 g/mol. The molecule has 0 aliphatic heterocycles. The zero-order valence-electron chi connectivity index (χ0n) is 18.1. The number of nitrogens with zero attached hydrogens (tertiary/aromatic N) is 1. The van der Waals surface area contributed by atoms with Gasteiger partial charge in [0.25, 0.3) is 11.5 Å². The van der Waals surface area contributed by atoms with Gasteiger partial charge < -0.3 is 21.2 Å². The number of carbonyl (C=O) groups excluding carboxylic acids is 2. The molecule has 2 aromatic heterocycles. The smallest absolute Gasteiger partial charge is 0.342 e. The topological polar surface area (TPSA) is 149 Å².